The van der Waals surface area contributed by atoms with Crippen LogP contribution in [0.25, 0.3) is 0 Å². The van der Waals surface area contributed by atoms with Crippen molar-refractivity contribution in [3.63, 3.8) is 0 Å². The normalized spacial score (nSPS) is 16.9. The largest absolute Gasteiger partial charge is 0.463 e. The standard InChI is InChI=1S/C16H19N3O5/c1-3-10-13(15(21)23-4-2)12(19-16(22)18-10)9-24-14(20)11-7-5-6-8-17-11/h5-8,10H,3-4,9H2,1-2H3,(H2,18,19,22). The molecule has 0 aromatic carbocycles. The van der Waals surface area contributed by atoms with Crippen LogP contribution in [0.3, 0.4) is 0 Å². The number of carbonyl (C=O) groups excluding carboxylic acids is 3. The molecule has 0 saturated carbocycles. The summed E-state index contributed by atoms with van der Waals surface area (Å²) in [6.45, 7) is 3.46. The smallest absolute Gasteiger partial charge is 0.357 e. The summed E-state index contributed by atoms with van der Waals surface area (Å²) in [6.07, 6.45) is 1.97. The van der Waals surface area contributed by atoms with E-state index >= 15 is 0 Å². The fourth-order valence-electron chi connectivity index (χ4n) is 2.27. The molecular weight excluding hydrogens is 314 g/mol. The van der Waals surface area contributed by atoms with Crippen molar-refractivity contribution in [2.24, 2.45) is 0 Å². The van der Waals surface area contributed by atoms with Gasteiger partial charge in [0.25, 0.3) is 0 Å². The highest BCUT2D eigenvalue weighted by Gasteiger charge is 2.32. The summed E-state index contributed by atoms with van der Waals surface area (Å²) >= 11 is 0. The van der Waals surface area contributed by atoms with Crippen LogP contribution in [0, 0.1) is 0 Å². The van der Waals surface area contributed by atoms with Gasteiger partial charge in [-0.3, -0.25) is 0 Å². The van der Waals surface area contributed by atoms with Crippen LogP contribution in [0.2, 0.25) is 0 Å². The van der Waals surface area contributed by atoms with E-state index in [1.165, 1.54) is 12.3 Å². The number of hydrogen-bond acceptors (Lipinski definition) is 6. The Kier molecular flexibility index (Phi) is 5.89. The Morgan fingerprint density at radius 1 is 1.21 bits per heavy atom. The Morgan fingerprint density at radius 2 is 2.00 bits per heavy atom. The second-order valence-electron chi connectivity index (χ2n) is 4.96. The fraction of sp³-hybridized carbons (Fsp3) is 0.375. The zero-order valence-corrected chi connectivity index (χ0v) is 13.5. The zero-order valence-electron chi connectivity index (χ0n) is 13.5. The van der Waals surface area contributed by atoms with Crippen molar-refractivity contribution >= 4 is 18.0 Å². The van der Waals surface area contributed by atoms with E-state index in [9.17, 15) is 14.4 Å². The number of hydrogen-bond donors (Lipinski definition) is 2. The summed E-state index contributed by atoms with van der Waals surface area (Å²) in [5.41, 5.74) is 0.615. The molecule has 1 aromatic heterocycles. The van der Waals surface area contributed by atoms with Crippen LogP contribution in [0.5, 0.6) is 0 Å². The van der Waals surface area contributed by atoms with E-state index in [0.29, 0.717) is 6.42 Å². The summed E-state index contributed by atoms with van der Waals surface area (Å²) in [5.74, 6) is -1.20. The van der Waals surface area contributed by atoms with E-state index in [2.05, 4.69) is 15.6 Å². The van der Waals surface area contributed by atoms with Gasteiger partial charge in [0.1, 0.15) is 12.3 Å². The number of esters is 2. The van der Waals surface area contributed by atoms with Crippen molar-refractivity contribution in [3.05, 3.63) is 41.4 Å². The van der Waals surface area contributed by atoms with Gasteiger partial charge in [-0.25, -0.2) is 19.4 Å². The van der Waals surface area contributed by atoms with E-state index in [0.717, 1.165) is 0 Å². The van der Waals surface area contributed by atoms with Crippen molar-refractivity contribution in [1.82, 2.24) is 15.6 Å². The van der Waals surface area contributed by atoms with Crippen LogP contribution in [0.4, 0.5) is 4.79 Å². The van der Waals surface area contributed by atoms with Gasteiger partial charge < -0.3 is 20.1 Å². The average molecular weight is 333 g/mol. The van der Waals surface area contributed by atoms with Crippen molar-refractivity contribution in [1.29, 1.82) is 0 Å². The van der Waals surface area contributed by atoms with Gasteiger partial charge in [0.05, 0.1) is 23.9 Å². The second-order valence-corrected chi connectivity index (χ2v) is 4.96. The second kappa shape index (κ2) is 8.09. The maximum Gasteiger partial charge on any atom is 0.357 e. The summed E-state index contributed by atoms with van der Waals surface area (Å²) in [7, 11) is 0. The lowest BCUT2D eigenvalue weighted by Crippen LogP contribution is -2.51. The minimum atomic E-state index is -0.646. The van der Waals surface area contributed by atoms with Crippen LogP contribution in [0.1, 0.15) is 30.8 Å². The number of nitrogens with zero attached hydrogens (tertiary/aromatic N) is 1. The van der Waals surface area contributed by atoms with Crippen LogP contribution in [-0.2, 0) is 14.3 Å². The van der Waals surface area contributed by atoms with Crippen molar-refractivity contribution < 1.29 is 23.9 Å². The van der Waals surface area contributed by atoms with Gasteiger partial charge >= 0.3 is 18.0 Å². The first kappa shape index (κ1) is 17.5. The molecule has 1 atom stereocenters. The molecule has 1 unspecified atom stereocenters. The third-order valence-electron chi connectivity index (χ3n) is 3.37. The quantitative estimate of drug-likeness (QED) is 0.756. The average Bonchev–Trinajstić information content (AvgIpc) is 2.59. The van der Waals surface area contributed by atoms with Gasteiger partial charge in [0.15, 0.2) is 0 Å². The Balaban J connectivity index is 2.19. The van der Waals surface area contributed by atoms with E-state index in [-0.39, 0.29) is 30.2 Å². The van der Waals surface area contributed by atoms with Gasteiger partial charge in [-0.1, -0.05) is 13.0 Å². The molecule has 24 heavy (non-hydrogen) atoms. The predicted molar refractivity (Wildman–Crippen MR) is 83.9 cm³/mol. The first-order valence-electron chi connectivity index (χ1n) is 7.62. The predicted octanol–water partition coefficient (Wildman–Crippen LogP) is 1.15. The molecule has 2 rings (SSSR count). The van der Waals surface area contributed by atoms with Crippen LogP contribution in [-0.4, -0.2) is 42.2 Å². The first-order valence-corrected chi connectivity index (χ1v) is 7.62. The molecular formula is C16H19N3O5. The van der Waals surface area contributed by atoms with Gasteiger partial charge in [-0.05, 0) is 25.5 Å². The lowest BCUT2D eigenvalue weighted by Gasteiger charge is -2.28. The zero-order chi connectivity index (χ0) is 17.5. The highest BCUT2D eigenvalue weighted by Crippen LogP contribution is 2.17. The third-order valence-corrected chi connectivity index (χ3v) is 3.37. The molecule has 2 amide bonds. The minimum absolute atomic E-state index is 0.142. The number of rotatable bonds is 6. The Hall–Kier alpha value is -2.90. The van der Waals surface area contributed by atoms with Crippen LogP contribution < -0.4 is 10.6 Å². The maximum absolute atomic E-state index is 12.2. The van der Waals surface area contributed by atoms with Crippen molar-refractivity contribution in [2.75, 3.05) is 13.2 Å². The molecule has 2 heterocycles. The Bertz CT molecular complexity index is 657. The number of urea groups is 1. The molecule has 0 spiro atoms. The highest BCUT2D eigenvalue weighted by molar-refractivity contribution is 5.95. The number of ether oxygens (including phenoxy) is 2. The molecule has 2 N–H and O–H groups in total. The third kappa shape index (κ3) is 4.09. The molecule has 1 aliphatic heterocycles. The van der Waals surface area contributed by atoms with E-state index < -0.39 is 24.0 Å². The lowest BCUT2D eigenvalue weighted by molar-refractivity contribution is -0.139. The molecule has 1 aromatic rings. The van der Waals surface area contributed by atoms with Crippen LogP contribution in [0.15, 0.2) is 35.7 Å². The number of nitrogens with one attached hydrogen (secondary N) is 2. The van der Waals surface area contributed by atoms with E-state index in [1.54, 1.807) is 19.1 Å². The van der Waals surface area contributed by atoms with Crippen LogP contribution >= 0.6 is 0 Å². The first-order chi connectivity index (χ1) is 11.6. The van der Waals surface area contributed by atoms with Gasteiger partial charge in [0.2, 0.25) is 0 Å². The molecule has 0 radical (unpaired) electrons. The van der Waals surface area contributed by atoms with Crippen molar-refractivity contribution in [2.45, 2.75) is 26.3 Å². The minimum Gasteiger partial charge on any atom is -0.463 e. The summed E-state index contributed by atoms with van der Waals surface area (Å²) in [5, 5.41) is 5.15. The number of carbonyl (C=O) groups is 3. The molecule has 0 bridgehead atoms. The number of aromatic nitrogens is 1. The van der Waals surface area contributed by atoms with E-state index in [1.807, 2.05) is 6.92 Å². The molecule has 8 nitrogen and oxygen atoms in total. The molecule has 0 aliphatic carbocycles. The SMILES string of the molecule is CCOC(=O)C1=C(COC(=O)c2ccccn2)NC(=O)NC1CC. The van der Waals surface area contributed by atoms with Gasteiger partial charge in [-0.2, -0.15) is 0 Å². The highest BCUT2D eigenvalue weighted by atomic mass is 16.5. The Morgan fingerprint density at radius 3 is 2.62 bits per heavy atom. The summed E-state index contributed by atoms with van der Waals surface area (Å²) in [6, 6.07) is 3.89. The summed E-state index contributed by atoms with van der Waals surface area (Å²) in [4.78, 5) is 39.8. The van der Waals surface area contributed by atoms with Crippen molar-refractivity contribution in [3.8, 4) is 0 Å². The molecule has 8 heteroatoms. The molecule has 0 fully saturated rings. The topological polar surface area (TPSA) is 107 Å². The molecule has 128 valence electrons. The monoisotopic (exact) mass is 333 g/mol. The maximum atomic E-state index is 12.2. The summed E-state index contributed by atoms with van der Waals surface area (Å²) < 4.78 is 10.2. The molecule has 1 aliphatic rings. The fourth-order valence-corrected chi connectivity index (χ4v) is 2.27. The van der Waals surface area contributed by atoms with E-state index in [4.69, 9.17) is 9.47 Å². The number of pyridine rings is 1. The van der Waals surface area contributed by atoms with Gasteiger partial charge in [-0.15, -0.1) is 0 Å². The Labute approximate surface area is 139 Å². The van der Waals surface area contributed by atoms with Gasteiger partial charge in [0, 0.05) is 6.20 Å². The lowest BCUT2D eigenvalue weighted by atomic mass is 10.0. The molecule has 0 saturated heterocycles. The number of amides is 2.